The van der Waals surface area contributed by atoms with Gasteiger partial charge in [0.15, 0.2) is 11.0 Å². The minimum atomic E-state index is -0.784. The second-order valence-corrected chi connectivity index (χ2v) is 7.49. The fourth-order valence-electron chi connectivity index (χ4n) is 2.90. The largest absolute Gasteiger partial charge is 0.645 e. The van der Waals surface area contributed by atoms with Crippen molar-refractivity contribution < 1.29 is 58.4 Å². The molecule has 2 atom stereocenters. The summed E-state index contributed by atoms with van der Waals surface area (Å²) in [4.78, 5) is 45.1. The number of nitrogens with zero attached hydrogens (tertiary/aromatic N) is 3. The van der Waals surface area contributed by atoms with Crippen molar-refractivity contribution in [3.63, 3.8) is 0 Å². The van der Waals surface area contributed by atoms with Crippen LogP contribution in [0.2, 0.25) is 0 Å². The van der Waals surface area contributed by atoms with Crippen LogP contribution in [0.5, 0.6) is 0 Å². The van der Waals surface area contributed by atoms with Gasteiger partial charge < -0.3 is 26.9 Å². The van der Waals surface area contributed by atoms with Gasteiger partial charge in [-0.25, -0.2) is 4.98 Å². The fourth-order valence-corrected chi connectivity index (χ4v) is 3.86. The van der Waals surface area contributed by atoms with Crippen molar-refractivity contribution in [1.82, 2.24) is 10.3 Å². The number of guanidine groups is 1. The van der Waals surface area contributed by atoms with Gasteiger partial charge in [0.05, 0.1) is 16.3 Å². The van der Waals surface area contributed by atoms with Gasteiger partial charge in [-0.1, -0.05) is 18.7 Å². The standard InChI is InChI=1S/C18H21N6O3S.Ac/c19-18(20)21-7-3-5-12(23-16(27)13-8-10(25)9-22-13)15(26)17-24-11-4-1-2-6-14(11)28-17;/h1-2,4,6,12-13H,3,5,7-9H2,(H,23,27)(H4,19,20,21);/q-1;. The second-order valence-electron chi connectivity index (χ2n) is 6.46. The maximum Gasteiger partial charge on any atom is 0.213 e. The van der Waals surface area contributed by atoms with Crippen molar-refractivity contribution in [3.05, 3.63) is 34.6 Å². The number of nitrogens with one attached hydrogen (secondary N) is 1. The number of benzene rings is 1. The molecule has 0 bridgehead atoms. The molecule has 29 heavy (non-hydrogen) atoms. The van der Waals surface area contributed by atoms with Gasteiger partial charge in [-0.2, -0.15) is 0 Å². The number of nitrogens with two attached hydrogens (primary N) is 2. The Hall–Kier alpha value is -1.41. The van der Waals surface area contributed by atoms with Crippen molar-refractivity contribution >= 4 is 45.0 Å². The number of rotatable bonds is 8. The zero-order valence-electron chi connectivity index (χ0n) is 15.7. The van der Waals surface area contributed by atoms with E-state index in [1.807, 2.05) is 24.3 Å². The molecule has 1 aliphatic heterocycles. The predicted octanol–water partition coefficient (Wildman–Crippen LogP) is 0.733. The number of para-hydroxylation sites is 1. The van der Waals surface area contributed by atoms with Crippen LogP contribution in [0, 0.1) is 44.1 Å². The Bertz CT molecular complexity index is 894. The molecule has 1 radical (unpaired) electrons. The zero-order valence-corrected chi connectivity index (χ0v) is 21.3. The molecule has 0 saturated carbocycles. The van der Waals surface area contributed by atoms with E-state index in [4.69, 9.17) is 11.5 Å². The smallest absolute Gasteiger partial charge is 0.213 e. The summed E-state index contributed by atoms with van der Waals surface area (Å²) in [5.74, 6) is -0.806. The number of aliphatic imine (C=N–C) groups is 1. The molecule has 1 aliphatic rings. The van der Waals surface area contributed by atoms with E-state index in [1.165, 1.54) is 11.3 Å². The molecular weight excluding hydrogens is 607 g/mol. The Morgan fingerprint density at radius 1 is 1.34 bits per heavy atom. The van der Waals surface area contributed by atoms with Crippen LogP contribution in [0.25, 0.3) is 15.5 Å². The van der Waals surface area contributed by atoms with E-state index >= 15 is 0 Å². The number of thiazole rings is 1. The molecule has 2 heterocycles. The number of ketones is 2. The van der Waals surface area contributed by atoms with E-state index in [0.29, 0.717) is 24.4 Å². The molecule has 1 aromatic heterocycles. The van der Waals surface area contributed by atoms with Crippen LogP contribution in [0.15, 0.2) is 29.3 Å². The summed E-state index contributed by atoms with van der Waals surface area (Å²) in [6, 6.07) is 5.92. The average Bonchev–Trinajstić information content (AvgIpc) is 3.29. The third-order valence-electron chi connectivity index (χ3n) is 4.29. The molecule has 1 amide bonds. The second kappa shape index (κ2) is 11.1. The van der Waals surface area contributed by atoms with E-state index in [1.54, 1.807) is 0 Å². The number of amides is 1. The first-order valence-electron chi connectivity index (χ1n) is 8.88. The first-order chi connectivity index (χ1) is 13.4. The van der Waals surface area contributed by atoms with E-state index in [2.05, 4.69) is 20.6 Å². The van der Waals surface area contributed by atoms with Gasteiger partial charge in [-0.15, -0.1) is 11.3 Å². The van der Waals surface area contributed by atoms with Crippen LogP contribution < -0.4 is 16.8 Å². The quantitative estimate of drug-likeness (QED) is 0.170. The van der Waals surface area contributed by atoms with Crippen LogP contribution in [0.3, 0.4) is 0 Å². The molecule has 0 spiro atoms. The summed E-state index contributed by atoms with van der Waals surface area (Å²) in [6.07, 6.45) is 0.917. The summed E-state index contributed by atoms with van der Waals surface area (Å²) in [5, 5.41) is 7.07. The number of hydrogen-bond donors (Lipinski definition) is 3. The monoisotopic (exact) mass is 628 g/mol. The molecule has 1 aromatic carbocycles. The van der Waals surface area contributed by atoms with E-state index in [-0.39, 0.29) is 74.6 Å². The van der Waals surface area contributed by atoms with E-state index < -0.39 is 18.0 Å². The number of Topliss-reactive ketones (excluding diaryl/α,β-unsaturated/α-hetero) is 2. The topological polar surface area (TPSA) is 155 Å². The Labute approximate surface area is 207 Å². The van der Waals surface area contributed by atoms with Gasteiger partial charge in [-0.3, -0.25) is 14.6 Å². The summed E-state index contributed by atoms with van der Waals surface area (Å²) in [7, 11) is 0. The molecule has 2 aromatic rings. The molecule has 1 saturated heterocycles. The first-order valence-corrected chi connectivity index (χ1v) is 9.69. The first kappa shape index (κ1) is 23.9. The maximum absolute atomic E-state index is 13.0. The zero-order chi connectivity index (χ0) is 20.1. The summed E-state index contributed by atoms with van der Waals surface area (Å²) < 4.78 is 0.896. The normalized spacial score (nSPS) is 16.8. The van der Waals surface area contributed by atoms with Crippen LogP contribution >= 0.6 is 11.3 Å². The summed E-state index contributed by atoms with van der Waals surface area (Å²) >= 11 is 1.28. The third-order valence-corrected chi connectivity index (χ3v) is 5.35. The number of hydrogen-bond acceptors (Lipinski definition) is 6. The van der Waals surface area contributed by atoms with Crippen molar-refractivity contribution in [1.29, 1.82) is 0 Å². The van der Waals surface area contributed by atoms with Crippen LogP contribution in [0.1, 0.15) is 29.1 Å². The molecule has 5 N–H and O–H groups in total. The SMILES string of the molecule is NC(N)=NCCCC(NC(=O)C1CC(=O)C[N-]1)C(=O)c1nc2ccccc2s1.[Ac]. The number of carbonyl (C=O) groups excluding carboxylic acids is 3. The molecule has 1 fully saturated rings. The fraction of sp³-hybridized carbons (Fsp3) is 0.389. The minimum Gasteiger partial charge on any atom is -0.645 e. The molecule has 11 heteroatoms. The Morgan fingerprint density at radius 3 is 2.76 bits per heavy atom. The van der Waals surface area contributed by atoms with Gasteiger partial charge >= 0.3 is 0 Å². The molecule has 151 valence electrons. The van der Waals surface area contributed by atoms with Crippen molar-refractivity contribution in [2.24, 2.45) is 16.5 Å². The van der Waals surface area contributed by atoms with Gasteiger partial charge in [0.25, 0.3) is 0 Å². The molecule has 0 aliphatic carbocycles. The van der Waals surface area contributed by atoms with E-state index in [9.17, 15) is 14.4 Å². The minimum absolute atomic E-state index is 0. The van der Waals surface area contributed by atoms with Gasteiger partial charge in [-0.05, 0) is 37.4 Å². The van der Waals surface area contributed by atoms with Crippen molar-refractivity contribution in [3.8, 4) is 0 Å². The van der Waals surface area contributed by atoms with Crippen molar-refractivity contribution in [2.45, 2.75) is 31.3 Å². The van der Waals surface area contributed by atoms with Crippen molar-refractivity contribution in [2.75, 3.05) is 13.1 Å². The van der Waals surface area contributed by atoms with Crippen LogP contribution in [0.4, 0.5) is 0 Å². The Balaban J connectivity index is 0.00000300. The van der Waals surface area contributed by atoms with Crippen LogP contribution in [-0.2, 0) is 9.59 Å². The Kier molecular flexibility index (Phi) is 9.14. The number of carbonyl (C=O) groups is 3. The number of fused-ring (bicyclic) bond motifs is 1. The summed E-state index contributed by atoms with van der Waals surface area (Å²) in [6.45, 7) is 0.382. The van der Waals surface area contributed by atoms with Gasteiger partial charge in [0.2, 0.25) is 11.7 Å². The number of aromatic nitrogens is 1. The molecule has 2 unspecified atom stereocenters. The Morgan fingerprint density at radius 2 is 2.10 bits per heavy atom. The molecular formula is C18H21AcN6O3S-. The summed E-state index contributed by atoms with van der Waals surface area (Å²) in [5.41, 5.74) is 11.4. The van der Waals surface area contributed by atoms with Gasteiger partial charge in [0, 0.05) is 50.6 Å². The average molecular weight is 628 g/mol. The molecule has 3 rings (SSSR count). The predicted molar refractivity (Wildman–Crippen MR) is 107 cm³/mol. The van der Waals surface area contributed by atoms with Gasteiger partial charge in [0.1, 0.15) is 5.78 Å². The van der Waals surface area contributed by atoms with Crippen LogP contribution in [-0.4, -0.2) is 53.6 Å². The third kappa shape index (κ3) is 6.54. The molecule has 9 nitrogen and oxygen atoms in total. The maximum atomic E-state index is 13.0. The van der Waals surface area contributed by atoms with E-state index in [0.717, 1.165) is 10.2 Å².